The van der Waals surface area contributed by atoms with E-state index in [4.69, 9.17) is 0 Å². The van der Waals surface area contributed by atoms with Crippen molar-refractivity contribution >= 4 is 11.5 Å². The molecule has 0 saturated carbocycles. The Morgan fingerprint density at radius 3 is 2.18 bits per heavy atom. The summed E-state index contributed by atoms with van der Waals surface area (Å²) in [5.41, 5.74) is 1.97. The maximum Gasteiger partial charge on any atom is 0.290 e. The first-order valence-corrected chi connectivity index (χ1v) is 8.84. The van der Waals surface area contributed by atoms with Crippen LogP contribution in [0.5, 0.6) is 0 Å². The van der Waals surface area contributed by atoms with Gasteiger partial charge in [-0.3, -0.25) is 4.79 Å². The summed E-state index contributed by atoms with van der Waals surface area (Å²) in [6, 6.07) is 20.1. The molecule has 0 aliphatic carbocycles. The Balaban J connectivity index is 1.83. The first kappa shape index (κ1) is 17.9. The lowest BCUT2D eigenvalue weighted by molar-refractivity contribution is -0.130. The van der Waals surface area contributed by atoms with E-state index in [1.165, 1.54) is 23.1 Å². The molecule has 0 aromatic heterocycles. The molecule has 1 amide bonds. The molecule has 3 aromatic carbocycles. The van der Waals surface area contributed by atoms with Gasteiger partial charge in [0.25, 0.3) is 5.91 Å². The Morgan fingerprint density at radius 1 is 0.857 bits per heavy atom. The van der Waals surface area contributed by atoms with Crippen LogP contribution in [-0.4, -0.2) is 15.9 Å². The van der Waals surface area contributed by atoms with Crippen molar-refractivity contribution in [1.29, 1.82) is 0 Å². The molecule has 3 nitrogen and oxygen atoms in total. The number of aliphatic hydroxyl groups excluding tert-OH is 1. The minimum atomic E-state index is -0.791. The fourth-order valence-electron chi connectivity index (χ4n) is 3.54. The van der Waals surface area contributed by atoms with Crippen molar-refractivity contribution < 1.29 is 18.7 Å². The third-order valence-corrected chi connectivity index (χ3v) is 4.85. The predicted octanol–water partition coefficient (Wildman–Crippen LogP) is 5.02. The molecule has 28 heavy (non-hydrogen) atoms. The number of nitrogens with zero attached hydrogens (tertiary/aromatic N) is 1. The van der Waals surface area contributed by atoms with Gasteiger partial charge in [-0.25, -0.2) is 8.78 Å². The molecule has 0 radical (unpaired) electrons. The monoisotopic (exact) mass is 377 g/mol. The zero-order chi connectivity index (χ0) is 19.7. The summed E-state index contributed by atoms with van der Waals surface area (Å²) in [6.07, 6.45) is 0. The van der Waals surface area contributed by atoms with Gasteiger partial charge in [-0.2, -0.15) is 0 Å². The van der Waals surface area contributed by atoms with Gasteiger partial charge in [-0.05, 0) is 29.3 Å². The van der Waals surface area contributed by atoms with E-state index in [2.05, 4.69) is 0 Å². The van der Waals surface area contributed by atoms with Gasteiger partial charge in [-0.15, -0.1) is 0 Å². The van der Waals surface area contributed by atoms with Gasteiger partial charge >= 0.3 is 0 Å². The van der Waals surface area contributed by atoms with Crippen molar-refractivity contribution in [2.75, 3.05) is 0 Å². The van der Waals surface area contributed by atoms with E-state index in [9.17, 15) is 18.7 Å². The molecular weight excluding hydrogens is 360 g/mol. The van der Waals surface area contributed by atoms with Crippen molar-refractivity contribution in [3.05, 3.63) is 113 Å². The number of halogens is 2. The summed E-state index contributed by atoms with van der Waals surface area (Å²) >= 11 is 0. The van der Waals surface area contributed by atoms with Crippen LogP contribution in [0.1, 0.15) is 22.7 Å². The van der Waals surface area contributed by atoms with Crippen LogP contribution in [0.25, 0.3) is 5.57 Å². The summed E-state index contributed by atoms with van der Waals surface area (Å²) in [5, 5.41) is 10.6. The van der Waals surface area contributed by atoms with Gasteiger partial charge in [0.15, 0.2) is 5.76 Å². The average Bonchev–Trinajstić information content (AvgIpc) is 2.95. The molecule has 0 saturated heterocycles. The lowest BCUT2D eigenvalue weighted by Gasteiger charge is -2.27. The van der Waals surface area contributed by atoms with Crippen LogP contribution in [0.15, 0.2) is 84.6 Å². The minimum Gasteiger partial charge on any atom is -0.503 e. The fraction of sp³-hybridized carbons (Fsp3) is 0.0870. The van der Waals surface area contributed by atoms with Gasteiger partial charge in [0, 0.05) is 17.7 Å². The molecule has 0 spiro atoms. The van der Waals surface area contributed by atoms with Gasteiger partial charge in [0.1, 0.15) is 11.6 Å². The van der Waals surface area contributed by atoms with Gasteiger partial charge in [-0.1, -0.05) is 60.7 Å². The summed E-state index contributed by atoms with van der Waals surface area (Å²) in [5.74, 6) is -1.83. The molecule has 0 unspecified atom stereocenters. The maximum absolute atomic E-state index is 14.7. The van der Waals surface area contributed by atoms with E-state index in [1.54, 1.807) is 54.6 Å². The van der Waals surface area contributed by atoms with Crippen LogP contribution >= 0.6 is 0 Å². The van der Waals surface area contributed by atoms with E-state index in [-0.39, 0.29) is 12.4 Å². The quantitative estimate of drug-likeness (QED) is 0.694. The van der Waals surface area contributed by atoms with Crippen LogP contribution in [0.3, 0.4) is 0 Å². The molecule has 3 aromatic rings. The summed E-state index contributed by atoms with van der Waals surface area (Å²) in [6.45, 7) is 0.110. The number of carbonyl (C=O) groups excluding carboxylic acids is 1. The van der Waals surface area contributed by atoms with Crippen molar-refractivity contribution in [2.45, 2.75) is 12.6 Å². The third-order valence-electron chi connectivity index (χ3n) is 4.85. The molecule has 4 rings (SSSR count). The highest BCUT2D eigenvalue weighted by atomic mass is 19.1. The van der Waals surface area contributed by atoms with Gasteiger partial charge < -0.3 is 10.0 Å². The van der Waals surface area contributed by atoms with E-state index >= 15 is 0 Å². The maximum atomic E-state index is 14.7. The number of benzene rings is 3. The van der Waals surface area contributed by atoms with Crippen LogP contribution in [-0.2, 0) is 11.3 Å². The minimum absolute atomic E-state index is 0.110. The Hall–Kier alpha value is -3.47. The molecular formula is C23H17F2NO2. The number of aliphatic hydroxyl groups is 1. The SMILES string of the molecule is O=C1C(O)=C(c2ccccc2)[C@@H](c2ccccc2F)N1Cc1ccc(F)cc1. The van der Waals surface area contributed by atoms with Crippen molar-refractivity contribution in [3.63, 3.8) is 0 Å². The lowest BCUT2D eigenvalue weighted by atomic mass is 9.93. The highest BCUT2D eigenvalue weighted by Crippen LogP contribution is 2.44. The fourth-order valence-corrected chi connectivity index (χ4v) is 3.54. The average molecular weight is 377 g/mol. The van der Waals surface area contributed by atoms with E-state index in [0.29, 0.717) is 22.3 Å². The second-order valence-corrected chi connectivity index (χ2v) is 6.61. The van der Waals surface area contributed by atoms with Crippen molar-refractivity contribution in [2.24, 2.45) is 0 Å². The predicted molar refractivity (Wildman–Crippen MR) is 102 cm³/mol. The second kappa shape index (κ2) is 7.27. The molecule has 0 fully saturated rings. The van der Waals surface area contributed by atoms with Gasteiger partial charge in [0.05, 0.1) is 6.04 Å². The van der Waals surface area contributed by atoms with E-state index in [0.717, 1.165) is 0 Å². The topological polar surface area (TPSA) is 40.5 Å². The Kier molecular flexibility index (Phi) is 4.65. The smallest absolute Gasteiger partial charge is 0.290 e. The molecule has 1 aliphatic rings. The molecule has 1 aliphatic heterocycles. The molecule has 140 valence electrons. The third kappa shape index (κ3) is 3.16. The highest BCUT2D eigenvalue weighted by molar-refractivity contribution is 6.05. The van der Waals surface area contributed by atoms with Crippen molar-refractivity contribution in [3.8, 4) is 0 Å². The largest absolute Gasteiger partial charge is 0.503 e. The summed E-state index contributed by atoms with van der Waals surface area (Å²) in [4.78, 5) is 14.3. The Bertz CT molecular complexity index is 1050. The Morgan fingerprint density at radius 2 is 1.50 bits per heavy atom. The molecule has 1 heterocycles. The molecule has 1 atom stereocenters. The lowest BCUT2D eigenvalue weighted by Crippen LogP contribution is -2.30. The first-order chi connectivity index (χ1) is 13.6. The summed E-state index contributed by atoms with van der Waals surface area (Å²) in [7, 11) is 0. The zero-order valence-corrected chi connectivity index (χ0v) is 14.8. The Labute approximate surface area is 161 Å². The molecule has 5 heteroatoms. The number of hydrogen-bond acceptors (Lipinski definition) is 2. The standard InChI is InChI=1S/C23H17F2NO2/c24-17-12-10-15(11-13-17)14-26-21(18-8-4-5-9-19(18)25)20(22(27)23(26)28)16-6-2-1-3-7-16/h1-13,21,27H,14H2/t21-/m1/s1. The number of rotatable bonds is 4. The number of carbonyl (C=O) groups is 1. The number of amides is 1. The first-order valence-electron chi connectivity index (χ1n) is 8.84. The van der Waals surface area contributed by atoms with Crippen LogP contribution in [0, 0.1) is 11.6 Å². The van der Waals surface area contributed by atoms with Crippen LogP contribution in [0.4, 0.5) is 8.78 Å². The summed E-state index contributed by atoms with van der Waals surface area (Å²) < 4.78 is 27.9. The number of hydrogen-bond donors (Lipinski definition) is 1. The van der Waals surface area contributed by atoms with E-state index < -0.39 is 23.5 Å². The van der Waals surface area contributed by atoms with Crippen LogP contribution < -0.4 is 0 Å². The van der Waals surface area contributed by atoms with E-state index in [1.807, 2.05) is 6.07 Å². The van der Waals surface area contributed by atoms with Crippen molar-refractivity contribution in [1.82, 2.24) is 4.90 Å². The highest BCUT2D eigenvalue weighted by Gasteiger charge is 2.41. The second-order valence-electron chi connectivity index (χ2n) is 6.61. The van der Waals surface area contributed by atoms with Gasteiger partial charge in [0.2, 0.25) is 0 Å². The normalized spacial score (nSPS) is 16.7. The van der Waals surface area contributed by atoms with Crippen LogP contribution in [0.2, 0.25) is 0 Å². The molecule has 1 N–H and O–H groups in total. The molecule has 0 bridgehead atoms. The zero-order valence-electron chi connectivity index (χ0n) is 14.8.